The lowest BCUT2D eigenvalue weighted by molar-refractivity contribution is -0.155. The summed E-state index contributed by atoms with van der Waals surface area (Å²) in [5.41, 5.74) is 1.03. The number of fused-ring (bicyclic) bond motifs is 6. The summed E-state index contributed by atoms with van der Waals surface area (Å²) in [5, 5.41) is 10.8. The van der Waals surface area contributed by atoms with Gasteiger partial charge in [0.2, 0.25) is 0 Å². The second kappa shape index (κ2) is 6.83. The van der Waals surface area contributed by atoms with Crippen molar-refractivity contribution in [2.45, 2.75) is 113 Å². The van der Waals surface area contributed by atoms with Crippen molar-refractivity contribution in [3.05, 3.63) is 11.1 Å². The number of hydrogen-bond acceptors (Lipinski definition) is 3. The lowest BCUT2D eigenvalue weighted by Gasteiger charge is -2.66. The predicted molar refractivity (Wildman–Crippen MR) is 131 cm³/mol. The molecule has 0 aromatic heterocycles. The van der Waals surface area contributed by atoms with Gasteiger partial charge in [-0.3, -0.25) is 9.59 Å². The highest BCUT2D eigenvalue weighted by Gasteiger charge is 2.70. The molecule has 5 rings (SSSR count). The van der Waals surface area contributed by atoms with Crippen LogP contribution < -0.4 is 0 Å². The van der Waals surface area contributed by atoms with Gasteiger partial charge >= 0.3 is 0 Å². The van der Waals surface area contributed by atoms with Gasteiger partial charge in [0.25, 0.3) is 0 Å². The zero-order valence-corrected chi connectivity index (χ0v) is 22.3. The molecule has 3 nitrogen and oxygen atoms in total. The number of carbonyl (C=O) groups excluding carboxylic acids is 2. The van der Waals surface area contributed by atoms with Gasteiger partial charge in [-0.1, -0.05) is 55.4 Å². The Morgan fingerprint density at radius 3 is 2.12 bits per heavy atom. The third kappa shape index (κ3) is 2.67. The van der Waals surface area contributed by atoms with Crippen LogP contribution in [0.5, 0.6) is 0 Å². The third-order valence-corrected chi connectivity index (χ3v) is 12.7. The Hall–Kier alpha value is -0.960. The molecule has 184 valence electrons. The van der Waals surface area contributed by atoms with E-state index in [-0.39, 0.29) is 44.6 Å². The van der Waals surface area contributed by atoms with E-state index >= 15 is 0 Å². The Bertz CT molecular complexity index is 942. The molecular weight excluding hydrogens is 408 g/mol. The van der Waals surface area contributed by atoms with Crippen molar-refractivity contribution in [2.75, 3.05) is 0 Å². The van der Waals surface area contributed by atoms with Crippen LogP contribution in [0.4, 0.5) is 0 Å². The van der Waals surface area contributed by atoms with Gasteiger partial charge in [-0.25, -0.2) is 0 Å². The standard InChI is InChI=1S/C30H46O3/c1-17(2)18-9-10-21-27(18,5)13-14-29(7)25-19(31)15-22-26(3,4)23(33)11-12-28(22,6)24(25)20(32)16-30(21,29)8/h17-18,21-23,33H,9-16H2,1-8H3/t18-,21-,22?,23+,27-,28+,29-,30+/m1/s1. The Morgan fingerprint density at radius 2 is 1.48 bits per heavy atom. The maximum Gasteiger partial charge on any atom is 0.160 e. The minimum atomic E-state index is -0.410. The fourth-order valence-corrected chi connectivity index (χ4v) is 10.7. The Labute approximate surface area is 201 Å². The topological polar surface area (TPSA) is 54.4 Å². The van der Waals surface area contributed by atoms with E-state index in [0.29, 0.717) is 37.0 Å². The van der Waals surface area contributed by atoms with Crippen LogP contribution in [0.2, 0.25) is 0 Å². The van der Waals surface area contributed by atoms with Gasteiger partial charge in [-0.2, -0.15) is 0 Å². The Kier molecular flexibility index (Phi) is 4.92. The van der Waals surface area contributed by atoms with Crippen molar-refractivity contribution in [3.8, 4) is 0 Å². The van der Waals surface area contributed by atoms with E-state index < -0.39 is 6.10 Å². The maximum absolute atomic E-state index is 14.2. The smallest absolute Gasteiger partial charge is 0.160 e. The van der Waals surface area contributed by atoms with Crippen LogP contribution >= 0.6 is 0 Å². The molecule has 0 aliphatic heterocycles. The molecule has 0 bridgehead atoms. The minimum Gasteiger partial charge on any atom is -0.393 e. The maximum atomic E-state index is 14.2. The van der Waals surface area contributed by atoms with Gasteiger partial charge in [-0.15, -0.1) is 0 Å². The van der Waals surface area contributed by atoms with Crippen LogP contribution in [0.25, 0.3) is 0 Å². The van der Waals surface area contributed by atoms with Gasteiger partial charge in [0.05, 0.1) is 6.10 Å². The van der Waals surface area contributed by atoms with Crippen LogP contribution in [0.1, 0.15) is 107 Å². The first-order valence-corrected chi connectivity index (χ1v) is 13.6. The number of Topliss-reactive ketones (excluding diaryl/α,β-unsaturated/α-hetero) is 2. The molecule has 0 spiro atoms. The van der Waals surface area contributed by atoms with Crippen molar-refractivity contribution >= 4 is 11.6 Å². The first-order chi connectivity index (χ1) is 15.1. The molecule has 1 N–H and O–H groups in total. The molecule has 3 heteroatoms. The first-order valence-electron chi connectivity index (χ1n) is 13.6. The lowest BCUT2D eigenvalue weighted by Crippen LogP contribution is -2.62. The molecule has 33 heavy (non-hydrogen) atoms. The highest BCUT2D eigenvalue weighted by Crippen LogP contribution is 2.74. The van der Waals surface area contributed by atoms with Crippen molar-refractivity contribution in [2.24, 2.45) is 50.7 Å². The van der Waals surface area contributed by atoms with Gasteiger partial charge in [-0.05, 0) is 78.4 Å². The number of carbonyl (C=O) groups is 2. The minimum absolute atomic E-state index is 0.0302. The molecule has 0 saturated heterocycles. The number of aliphatic hydroxyl groups is 1. The predicted octanol–water partition coefficient (Wildman–Crippen LogP) is 6.53. The molecule has 8 atom stereocenters. The molecule has 0 heterocycles. The normalized spacial score (nSPS) is 51.2. The first kappa shape index (κ1) is 23.8. The zero-order chi connectivity index (χ0) is 24.4. The summed E-state index contributed by atoms with van der Waals surface area (Å²) >= 11 is 0. The lowest BCUT2D eigenvalue weighted by atomic mass is 9.37. The van der Waals surface area contributed by atoms with Crippen LogP contribution in [-0.4, -0.2) is 22.8 Å². The number of hydrogen-bond donors (Lipinski definition) is 1. The fraction of sp³-hybridized carbons (Fsp3) is 0.867. The molecule has 5 aliphatic rings. The van der Waals surface area contributed by atoms with Gasteiger partial charge in [0.15, 0.2) is 11.6 Å². The average molecular weight is 455 g/mol. The quantitative estimate of drug-likeness (QED) is 0.490. The third-order valence-electron chi connectivity index (χ3n) is 12.7. The molecule has 3 saturated carbocycles. The summed E-state index contributed by atoms with van der Waals surface area (Å²) < 4.78 is 0. The second-order valence-electron chi connectivity index (χ2n) is 14.6. The van der Waals surface area contributed by atoms with Gasteiger partial charge in [0.1, 0.15) is 0 Å². The summed E-state index contributed by atoms with van der Waals surface area (Å²) in [5.74, 6) is 2.35. The molecule has 3 fully saturated rings. The van der Waals surface area contributed by atoms with Gasteiger partial charge in [0, 0.05) is 34.8 Å². The summed E-state index contributed by atoms with van der Waals surface area (Å²) in [6, 6.07) is 0. The van der Waals surface area contributed by atoms with E-state index in [9.17, 15) is 14.7 Å². The average Bonchev–Trinajstić information content (AvgIpc) is 3.07. The summed E-state index contributed by atoms with van der Waals surface area (Å²) in [6.45, 7) is 18.4. The molecule has 0 aromatic rings. The fourth-order valence-electron chi connectivity index (χ4n) is 10.7. The highest BCUT2D eigenvalue weighted by atomic mass is 16.3. The number of rotatable bonds is 1. The van der Waals surface area contributed by atoms with Crippen LogP contribution in [-0.2, 0) is 9.59 Å². The van der Waals surface area contributed by atoms with Crippen molar-refractivity contribution in [1.29, 1.82) is 0 Å². The summed E-state index contributed by atoms with van der Waals surface area (Å²) in [7, 11) is 0. The molecule has 5 aliphatic carbocycles. The monoisotopic (exact) mass is 454 g/mol. The van der Waals surface area contributed by atoms with Crippen molar-refractivity contribution < 1.29 is 14.7 Å². The van der Waals surface area contributed by atoms with E-state index in [1.807, 2.05) is 0 Å². The summed E-state index contributed by atoms with van der Waals surface area (Å²) in [6.07, 6.45) is 6.80. The Morgan fingerprint density at radius 1 is 0.818 bits per heavy atom. The van der Waals surface area contributed by atoms with E-state index in [4.69, 9.17) is 0 Å². The highest BCUT2D eigenvalue weighted by molar-refractivity contribution is 6.11. The van der Waals surface area contributed by atoms with E-state index in [1.54, 1.807) is 0 Å². The number of ketones is 2. The van der Waals surface area contributed by atoms with E-state index in [2.05, 4.69) is 55.4 Å². The molecule has 0 aromatic carbocycles. The molecule has 0 radical (unpaired) electrons. The largest absolute Gasteiger partial charge is 0.393 e. The van der Waals surface area contributed by atoms with Crippen molar-refractivity contribution in [3.63, 3.8) is 0 Å². The van der Waals surface area contributed by atoms with Crippen LogP contribution in [0.3, 0.4) is 0 Å². The zero-order valence-electron chi connectivity index (χ0n) is 22.3. The van der Waals surface area contributed by atoms with Gasteiger partial charge < -0.3 is 5.11 Å². The SMILES string of the molecule is CC(C)[C@H]1CC[C@@H]2[C@]1(C)CC[C@]1(C)C3=C(C(=O)C[C@@]21C)[C@@]1(C)CC[C@H](O)C(C)(C)C1CC3=O. The van der Waals surface area contributed by atoms with E-state index in [1.165, 1.54) is 12.8 Å². The van der Waals surface area contributed by atoms with E-state index in [0.717, 1.165) is 30.4 Å². The Balaban J connectivity index is 1.67. The molecule has 1 unspecified atom stereocenters. The second-order valence-corrected chi connectivity index (χ2v) is 14.6. The number of allylic oxidation sites excluding steroid dienone is 2. The molecular formula is C30H46O3. The summed E-state index contributed by atoms with van der Waals surface area (Å²) in [4.78, 5) is 28.2. The number of aliphatic hydroxyl groups excluding tert-OH is 1. The van der Waals surface area contributed by atoms with Crippen LogP contribution in [0.15, 0.2) is 11.1 Å². The van der Waals surface area contributed by atoms with Crippen LogP contribution in [0, 0.1) is 50.7 Å². The molecule has 0 amide bonds. The van der Waals surface area contributed by atoms with Crippen molar-refractivity contribution in [1.82, 2.24) is 0 Å².